The van der Waals surface area contributed by atoms with E-state index in [4.69, 9.17) is 9.47 Å². The predicted molar refractivity (Wildman–Crippen MR) is 107 cm³/mol. The van der Waals surface area contributed by atoms with Gasteiger partial charge in [-0.3, -0.25) is 4.98 Å². The maximum Gasteiger partial charge on any atom is 0.198 e. The van der Waals surface area contributed by atoms with E-state index in [1.165, 1.54) is 12.3 Å². The van der Waals surface area contributed by atoms with Gasteiger partial charge in [-0.25, -0.2) is 17.9 Å². The number of nitrogens with zero attached hydrogens (tertiary/aromatic N) is 3. The van der Waals surface area contributed by atoms with E-state index in [0.717, 1.165) is 24.9 Å². The second kappa shape index (κ2) is 8.01. The number of aromatic nitrogens is 3. The van der Waals surface area contributed by atoms with Gasteiger partial charge in [0.05, 0.1) is 35.6 Å². The van der Waals surface area contributed by atoms with Crippen molar-refractivity contribution in [3.63, 3.8) is 0 Å². The van der Waals surface area contributed by atoms with E-state index < -0.39 is 23.2 Å². The number of fused-ring (bicyclic) bond motifs is 1. The number of pyridine rings is 1. The minimum atomic E-state index is -0.797. The van der Waals surface area contributed by atoms with Gasteiger partial charge in [-0.15, -0.1) is 0 Å². The fourth-order valence-corrected chi connectivity index (χ4v) is 3.57. The standard InChI is InChI=1S/C22H17F3N4O2/c23-15-2-1-3-16(24)22(15)31-14-6-4-13(5-7-14)29-18-11-27-10-17(25)20(18)21(28-29)19-12-26-8-9-30-19/h1-7,10-11,19,26H,8-9,12H2. The molecule has 1 fully saturated rings. The lowest BCUT2D eigenvalue weighted by atomic mass is 10.1. The smallest absolute Gasteiger partial charge is 0.198 e. The molecule has 0 saturated carbocycles. The van der Waals surface area contributed by atoms with Crippen LogP contribution in [0.3, 0.4) is 0 Å². The van der Waals surface area contributed by atoms with Crippen molar-refractivity contribution in [3.05, 3.63) is 78.0 Å². The Balaban J connectivity index is 1.52. The first-order chi connectivity index (χ1) is 15.1. The Morgan fingerprint density at radius 3 is 2.48 bits per heavy atom. The maximum atomic E-state index is 14.6. The zero-order valence-electron chi connectivity index (χ0n) is 16.2. The topological polar surface area (TPSA) is 61.2 Å². The highest BCUT2D eigenvalue weighted by Gasteiger charge is 2.25. The quantitative estimate of drug-likeness (QED) is 0.528. The number of benzene rings is 2. The van der Waals surface area contributed by atoms with Crippen LogP contribution in [-0.2, 0) is 4.74 Å². The van der Waals surface area contributed by atoms with Crippen molar-refractivity contribution in [1.29, 1.82) is 0 Å². The van der Waals surface area contributed by atoms with Crippen LogP contribution in [0.5, 0.6) is 11.5 Å². The first kappa shape index (κ1) is 19.5. The minimum Gasteiger partial charge on any atom is -0.451 e. The third kappa shape index (κ3) is 3.62. The molecule has 0 spiro atoms. The lowest BCUT2D eigenvalue weighted by Crippen LogP contribution is -2.33. The minimum absolute atomic E-state index is 0.244. The van der Waals surface area contributed by atoms with Gasteiger partial charge < -0.3 is 14.8 Å². The van der Waals surface area contributed by atoms with Crippen LogP contribution in [0.1, 0.15) is 11.8 Å². The highest BCUT2D eigenvalue weighted by atomic mass is 19.1. The molecule has 0 bridgehead atoms. The van der Waals surface area contributed by atoms with Crippen molar-refractivity contribution in [2.45, 2.75) is 6.10 Å². The number of para-hydroxylation sites is 1. The molecular formula is C22H17F3N4O2. The molecule has 1 aliphatic rings. The fourth-order valence-electron chi connectivity index (χ4n) is 3.57. The summed E-state index contributed by atoms with van der Waals surface area (Å²) < 4.78 is 55.0. The first-order valence-corrected chi connectivity index (χ1v) is 9.68. The van der Waals surface area contributed by atoms with E-state index in [9.17, 15) is 13.2 Å². The molecule has 1 atom stereocenters. The number of hydrogen-bond donors (Lipinski definition) is 1. The van der Waals surface area contributed by atoms with E-state index in [0.29, 0.717) is 35.4 Å². The van der Waals surface area contributed by atoms with Crippen LogP contribution in [0, 0.1) is 17.5 Å². The van der Waals surface area contributed by atoms with Gasteiger partial charge in [-0.05, 0) is 36.4 Å². The summed E-state index contributed by atoms with van der Waals surface area (Å²) in [7, 11) is 0. The summed E-state index contributed by atoms with van der Waals surface area (Å²) in [6, 6.07) is 9.94. The third-order valence-corrected chi connectivity index (χ3v) is 5.02. The van der Waals surface area contributed by atoms with Gasteiger partial charge in [0.15, 0.2) is 23.2 Å². The summed E-state index contributed by atoms with van der Waals surface area (Å²) in [4.78, 5) is 3.95. The van der Waals surface area contributed by atoms with Crippen molar-refractivity contribution in [1.82, 2.24) is 20.1 Å². The van der Waals surface area contributed by atoms with Gasteiger partial charge in [0.1, 0.15) is 17.5 Å². The normalized spacial score (nSPS) is 16.5. The second-order valence-electron chi connectivity index (χ2n) is 7.02. The lowest BCUT2D eigenvalue weighted by Gasteiger charge is -2.22. The van der Waals surface area contributed by atoms with Crippen molar-refractivity contribution in [3.8, 4) is 17.2 Å². The summed E-state index contributed by atoms with van der Waals surface area (Å²) in [6.45, 7) is 1.75. The summed E-state index contributed by atoms with van der Waals surface area (Å²) in [6.07, 6.45) is 2.29. The summed E-state index contributed by atoms with van der Waals surface area (Å²) in [5.74, 6) is -2.31. The van der Waals surface area contributed by atoms with E-state index >= 15 is 0 Å². The van der Waals surface area contributed by atoms with Gasteiger partial charge in [-0.1, -0.05) is 6.07 Å². The summed E-state index contributed by atoms with van der Waals surface area (Å²) in [5.41, 5.74) is 1.57. The Kier molecular flexibility index (Phi) is 5.05. The first-order valence-electron chi connectivity index (χ1n) is 9.68. The Bertz CT molecular complexity index is 1220. The van der Waals surface area contributed by atoms with Crippen LogP contribution in [0.15, 0.2) is 54.9 Å². The molecule has 6 nitrogen and oxygen atoms in total. The summed E-state index contributed by atoms with van der Waals surface area (Å²) >= 11 is 0. The number of morpholine rings is 1. The molecule has 5 rings (SSSR count). The average Bonchev–Trinajstić information content (AvgIpc) is 3.19. The Morgan fingerprint density at radius 1 is 1.00 bits per heavy atom. The molecule has 31 heavy (non-hydrogen) atoms. The molecular weight excluding hydrogens is 409 g/mol. The number of ether oxygens (including phenoxy) is 2. The van der Waals surface area contributed by atoms with Gasteiger partial charge in [0, 0.05) is 13.1 Å². The molecule has 4 aromatic rings. The van der Waals surface area contributed by atoms with Gasteiger partial charge in [0.2, 0.25) is 0 Å². The molecule has 2 aromatic heterocycles. The largest absolute Gasteiger partial charge is 0.451 e. The Hall–Kier alpha value is -3.43. The van der Waals surface area contributed by atoms with Gasteiger partial charge >= 0.3 is 0 Å². The van der Waals surface area contributed by atoms with Crippen molar-refractivity contribution >= 4 is 10.9 Å². The number of halogens is 3. The van der Waals surface area contributed by atoms with Crippen LogP contribution in [-0.4, -0.2) is 34.5 Å². The Morgan fingerprint density at radius 2 is 1.77 bits per heavy atom. The molecule has 0 aliphatic carbocycles. The lowest BCUT2D eigenvalue weighted by molar-refractivity contribution is 0.0256. The zero-order chi connectivity index (χ0) is 21.4. The molecule has 158 valence electrons. The van der Waals surface area contributed by atoms with E-state index in [2.05, 4.69) is 15.4 Å². The molecule has 1 unspecified atom stereocenters. The van der Waals surface area contributed by atoms with Crippen molar-refractivity contribution in [2.75, 3.05) is 19.7 Å². The van der Waals surface area contributed by atoms with Crippen LogP contribution in [0.4, 0.5) is 13.2 Å². The highest BCUT2D eigenvalue weighted by molar-refractivity contribution is 5.83. The molecule has 2 aromatic carbocycles. The molecule has 1 saturated heterocycles. The third-order valence-electron chi connectivity index (χ3n) is 5.02. The monoisotopic (exact) mass is 426 g/mol. The molecule has 1 N–H and O–H groups in total. The van der Waals surface area contributed by atoms with E-state index in [1.807, 2.05) is 0 Å². The predicted octanol–water partition coefficient (Wildman–Crippen LogP) is 4.29. The number of nitrogens with one attached hydrogen (secondary N) is 1. The van der Waals surface area contributed by atoms with Crippen LogP contribution < -0.4 is 10.1 Å². The Labute approximate surface area is 175 Å². The maximum absolute atomic E-state index is 14.6. The molecule has 3 heterocycles. The molecule has 9 heteroatoms. The van der Waals surface area contributed by atoms with Crippen molar-refractivity contribution < 1.29 is 22.6 Å². The van der Waals surface area contributed by atoms with Gasteiger partial charge in [-0.2, -0.15) is 5.10 Å². The van der Waals surface area contributed by atoms with E-state index in [1.54, 1.807) is 28.9 Å². The molecule has 1 aliphatic heterocycles. The second-order valence-corrected chi connectivity index (χ2v) is 7.02. The van der Waals surface area contributed by atoms with Crippen molar-refractivity contribution in [2.24, 2.45) is 0 Å². The van der Waals surface area contributed by atoms with Crippen LogP contribution in [0.2, 0.25) is 0 Å². The average molecular weight is 426 g/mol. The molecule has 0 radical (unpaired) electrons. The van der Waals surface area contributed by atoms with E-state index in [-0.39, 0.29) is 11.9 Å². The summed E-state index contributed by atoms with van der Waals surface area (Å²) in [5, 5.41) is 8.16. The SMILES string of the molecule is Fc1cccc(F)c1Oc1ccc(-n2nc(C3CNCCO3)c3c(F)cncc32)cc1. The van der Waals surface area contributed by atoms with Crippen LogP contribution in [0.25, 0.3) is 16.6 Å². The number of rotatable bonds is 4. The van der Waals surface area contributed by atoms with Crippen LogP contribution >= 0.6 is 0 Å². The zero-order valence-corrected chi connectivity index (χ0v) is 16.2. The number of hydrogen-bond acceptors (Lipinski definition) is 5. The highest BCUT2D eigenvalue weighted by Crippen LogP contribution is 2.32. The van der Waals surface area contributed by atoms with Gasteiger partial charge in [0.25, 0.3) is 0 Å². The fraction of sp³-hybridized carbons (Fsp3) is 0.182. The molecule has 0 amide bonds.